The number of carbonyl (C=O) groups is 1. The predicted molar refractivity (Wildman–Crippen MR) is 71.4 cm³/mol. The molecule has 1 unspecified atom stereocenters. The van der Waals surface area contributed by atoms with Crippen LogP contribution in [0.3, 0.4) is 0 Å². The molecular formula is C11H13Cl2N3O2. The van der Waals surface area contributed by atoms with Gasteiger partial charge in [0.05, 0.1) is 16.1 Å². The van der Waals surface area contributed by atoms with Crippen molar-refractivity contribution in [1.29, 1.82) is 0 Å². The van der Waals surface area contributed by atoms with E-state index in [0.29, 0.717) is 22.0 Å². The second-order valence-corrected chi connectivity index (χ2v) is 4.40. The Bertz CT molecular complexity index is 477. The zero-order valence-corrected chi connectivity index (χ0v) is 11.2. The second-order valence-electron chi connectivity index (χ2n) is 3.59. The zero-order valence-electron chi connectivity index (χ0n) is 9.65. The lowest BCUT2D eigenvalue weighted by atomic mass is 10.1. The van der Waals surface area contributed by atoms with Crippen LogP contribution in [0.4, 0.5) is 0 Å². The Morgan fingerprint density at radius 2 is 2.17 bits per heavy atom. The van der Waals surface area contributed by atoms with Gasteiger partial charge in [-0.05, 0) is 24.6 Å². The maximum Gasteiger partial charge on any atom is 0.251 e. The fourth-order valence-electron chi connectivity index (χ4n) is 1.33. The van der Waals surface area contributed by atoms with Crippen molar-refractivity contribution in [1.82, 2.24) is 5.32 Å². The van der Waals surface area contributed by atoms with Gasteiger partial charge in [-0.25, -0.2) is 0 Å². The predicted octanol–water partition coefficient (Wildman–Crippen LogP) is 2.25. The molecule has 0 saturated carbocycles. The van der Waals surface area contributed by atoms with Gasteiger partial charge in [0, 0.05) is 5.56 Å². The molecule has 0 heterocycles. The van der Waals surface area contributed by atoms with Crippen molar-refractivity contribution in [3.05, 3.63) is 33.8 Å². The van der Waals surface area contributed by atoms with Gasteiger partial charge in [-0.2, -0.15) is 0 Å². The Morgan fingerprint density at radius 3 is 2.67 bits per heavy atom. The molecule has 1 aromatic rings. The number of hydrogen-bond donors (Lipinski definition) is 3. The maximum atomic E-state index is 11.9. The van der Waals surface area contributed by atoms with E-state index < -0.39 is 6.04 Å². The van der Waals surface area contributed by atoms with Crippen LogP contribution in [0.1, 0.15) is 23.7 Å². The normalized spacial score (nSPS) is 13.2. The van der Waals surface area contributed by atoms with E-state index in [1.54, 1.807) is 13.0 Å². The molecule has 0 fully saturated rings. The molecule has 0 spiro atoms. The minimum atomic E-state index is -0.531. The fourth-order valence-corrected chi connectivity index (χ4v) is 1.63. The summed E-state index contributed by atoms with van der Waals surface area (Å²) in [5.41, 5.74) is 5.80. The summed E-state index contributed by atoms with van der Waals surface area (Å²) in [5.74, 6) is -0.419. The van der Waals surface area contributed by atoms with Crippen LogP contribution in [0.2, 0.25) is 10.0 Å². The van der Waals surface area contributed by atoms with Gasteiger partial charge in [-0.1, -0.05) is 35.3 Å². The van der Waals surface area contributed by atoms with Crippen LogP contribution in [0.25, 0.3) is 0 Å². The van der Waals surface area contributed by atoms with E-state index in [-0.39, 0.29) is 11.7 Å². The van der Waals surface area contributed by atoms with Gasteiger partial charge in [0.15, 0.2) is 5.84 Å². The minimum Gasteiger partial charge on any atom is -0.409 e. The molecular weight excluding hydrogens is 277 g/mol. The molecule has 4 N–H and O–H groups in total. The Labute approximate surface area is 115 Å². The van der Waals surface area contributed by atoms with Crippen molar-refractivity contribution in [2.45, 2.75) is 19.4 Å². The van der Waals surface area contributed by atoms with E-state index in [0.717, 1.165) is 0 Å². The molecule has 18 heavy (non-hydrogen) atoms. The summed E-state index contributed by atoms with van der Waals surface area (Å²) >= 11 is 11.6. The van der Waals surface area contributed by atoms with Crippen molar-refractivity contribution in [2.24, 2.45) is 10.9 Å². The average Bonchev–Trinajstić information content (AvgIpc) is 2.37. The Hall–Kier alpha value is -1.46. The second kappa shape index (κ2) is 6.47. The molecule has 0 radical (unpaired) electrons. The lowest BCUT2D eigenvalue weighted by molar-refractivity contribution is 0.0945. The molecule has 1 atom stereocenters. The molecule has 7 heteroatoms. The van der Waals surface area contributed by atoms with E-state index in [9.17, 15) is 4.79 Å². The largest absolute Gasteiger partial charge is 0.409 e. The van der Waals surface area contributed by atoms with Crippen molar-refractivity contribution in [2.75, 3.05) is 0 Å². The molecule has 0 aliphatic rings. The summed E-state index contributed by atoms with van der Waals surface area (Å²) in [6.45, 7) is 1.80. The minimum absolute atomic E-state index is 0.0501. The number of amidine groups is 1. The van der Waals surface area contributed by atoms with Crippen LogP contribution in [-0.4, -0.2) is 23.0 Å². The van der Waals surface area contributed by atoms with Crippen LogP contribution in [0.5, 0.6) is 0 Å². The topological polar surface area (TPSA) is 87.7 Å². The monoisotopic (exact) mass is 289 g/mol. The first-order valence-corrected chi connectivity index (χ1v) is 5.98. The lowest BCUT2D eigenvalue weighted by Crippen LogP contribution is -2.44. The smallest absolute Gasteiger partial charge is 0.251 e. The third-order valence-corrected chi connectivity index (χ3v) is 3.11. The van der Waals surface area contributed by atoms with Crippen LogP contribution in [-0.2, 0) is 0 Å². The number of nitrogens with one attached hydrogen (secondary N) is 1. The highest BCUT2D eigenvalue weighted by atomic mass is 35.5. The third kappa shape index (κ3) is 3.51. The molecule has 1 rings (SSSR count). The number of nitrogens with zero attached hydrogens (tertiary/aromatic N) is 1. The number of halogens is 2. The van der Waals surface area contributed by atoms with Crippen LogP contribution in [0, 0.1) is 0 Å². The van der Waals surface area contributed by atoms with Crippen molar-refractivity contribution < 1.29 is 10.0 Å². The molecule has 0 aliphatic heterocycles. The summed E-state index contributed by atoms with van der Waals surface area (Å²) in [6, 6.07) is 4.00. The number of rotatable bonds is 4. The van der Waals surface area contributed by atoms with Gasteiger partial charge in [0.25, 0.3) is 5.91 Å². The highest BCUT2D eigenvalue weighted by molar-refractivity contribution is 6.42. The van der Waals surface area contributed by atoms with Gasteiger partial charge in [0.2, 0.25) is 0 Å². The van der Waals surface area contributed by atoms with Crippen LogP contribution in [0.15, 0.2) is 23.4 Å². The average molecular weight is 290 g/mol. The van der Waals surface area contributed by atoms with Gasteiger partial charge in [-0.15, -0.1) is 0 Å². The first kappa shape index (κ1) is 14.6. The maximum absolute atomic E-state index is 11.9. The van der Waals surface area contributed by atoms with Gasteiger partial charge >= 0.3 is 0 Å². The number of hydrogen-bond acceptors (Lipinski definition) is 3. The summed E-state index contributed by atoms with van der Waals surface area (Å²) < 4.78 is 0. The highest BCUT2D eigenvalue weighted by Gasteiger charge is 2.16. The van der Waals surface area contributed by atoms with Gasteiger partial charge < -0.3 is 16.3 Å². The number of amides is 1. The van der Waals surface area contributed by atoms with E-state index >= 15 is 0 Å². The lowest BCUT2D eigenvalue weighted by Gasteiger charge is -2.15. The number of benzene rings is 1. The molecule has 0 saturated heterocycles. The molecule has 0 aromatic heterocycles. The van der Waals surface area contributed by atoms with Crippen molar-refractivity contribution in [3.8, 4) is 0 Å². The SMILES string of the molecule is CCC(NC(=O)c1ccc(Cl)c(Cl)c1)/C(N)=N/O. The molecule has 98 valence electrons. The molecule has 5 nitrogen and oxygen atoms in total. The Kier molecular flexibility index (Phi) is 5.25. The van der Waals surface area contributed by atoms with Crippen molar-refractivity contribution in [3.63, 3.8) is 0 Å². The summed E-state index contributed by atoms with van der Waals surface area (Å²) in [5, 5.41) is 14.7. The number of nitrogens with two attached hydrogens (primary N) is 1. The third-order valence-electron chi connectivity index (χ3n) is 2.37. The van der Waals surface area contributed by atoms with Gasteiger partial charge in [0.1, 0.15) is 0 Å². The molecule has 0 bridgehead atoms. The molecule has 1 amide bonds. The first-order chi connectivity index (χ1) is 8.49. The van der Waals surface area contributed by atoms with Crippen LogP contribution < -0.4 is 11.1 Å². The van der Waals surface area contributed by atoms with E-state index in [4.69, 9.17) is 34.1 Å². The van der Waals surface area contributed by atoms with E-state index in [1.807, 2.05) is 0 Å². The van der Waals surface area contributed by atoms with Crippen molar-refractivity contribution >= 4 is 34.9 Å². The van der Waals surface area contributed by atoms with Gasteiger partial charge in [-0.3, -0.25) is 4.79 Å². The standard InChI is InChI=1S/C11H13Cl2N3O2/c1-2-9(10(14)16-18)15-11(17)6-3-4-7(12)8(13)5-6/h3-5,9,18H,2H2,1H3,(H2,14,16)(H,15,17). The Morgan fingerprint density at radius 1 is 1.50 bits per heavy atom. The molecule has 0 aliphatic carbocycles. The van der Waals surface area contributed by atoms with Crippen LogP contribution >= 0.6 is 23.2 Å². The number of oxime groups is 1. The molecule has 1 aromatic carbocycles. The summed E-state index contributed by atoms with van der Waals surface area (Å²) in [4.78, 5) is 11.9. The van der Waals surface area contributed by atoms with E-state index in [1.165, 1.54) is 12.1 Å². The Balaban J connectivity index is 2.84. The zero-order chi connectivity index (χ0) is 13.7. The first-order valence-electron chi connectivity index (χ1n) is 5.23. The quantitative estimate of drug-likeness (QED) is 0.344. The fraction of sp³-hybridized carbons (Fsp3) is 0.273. The highest BCUT2D eigenvalue weighted by Crippen LogP contribution is 2.22. The summed E-state index contributed by atoms with van der Waals surface area (Å²) in [7, 11) is 0. The van der Waals surface area contributed by atoms with E-state index in [2.05, 4.69) is 10.5 Å². The summed E-state index contributed by atoms with van der Waals surface area (Å²) in [6.07, 6.45) is 0.503. The number of carbonyl (C=O) groups excluding carboxylic acids is 1.